The Bertz CT molecular complexity index is 476. The molecule has 0 atom stereocenters. The van der Waals surface area contributed by atoms with Crippen LogP contribution in [0.15, 0.2) is 18.2 Å². The van der Waals surface area contributed by atoms with Crippen molar-refractivity contribution in [3.8, 4) is 0 Å². The minimum atomic E-state index is -0.386. The number of rotatable bonds is 5. The van der Waals surface area contributed by atoms with Crippen LogP contribution in [-0.4, -0.2) is 59.2 Å². The van der Waals surface area contributed by atoms with Crippen molar-refractivity contribution in [2.45, 2.75) is 6.54 Å². The molecule has 2 rings (SSSR count). The first-order chi connectivity index (χ1) is 9.60. The summed E-state index contributed by atoms with van der Waals surface area (Å²) in [6.07, 6.45) is 0. The molecule has 0 aromatic heterocycles. The van der Waals surface area contributed by atoms with Crippen molar-refractivity contribution < 1.29 is 10.0 Å². The van der Waals surface area contributed by atoms with E-state index in [1.165, 1.54) is 6.07 Å². The largest absolute Gasteiger partial charge is 0.395 e. The van der Waals surface area contributed by atoms with E-state index in [4.69, 9.17) is 16.7 Å². The first kappa shape index (κ1) is 15.2. The summed E-state index contributed by atoms with van der Waals surface area (Å²) in [7, 11) is 0. The van der Waals surface area contributed by atoms with Gasteiger partial charge in [-0.2, -0.15) is 0 Å². The maximum absolute atomic E-state index is 11.0. The van der Waals surface area contributed by atoms with Gasteiger partial charge in [-0.3, -0.25) is 19.9 Å². The van der Waals surface area contributed by atoms with E-state index in [1.54, 1.807) is 12.1 Å². The Labute approximate surface area is 122 Å². The van der Waals surface area contributed by atoms with E-state index >= 15 is 0 Å². The molecule has 1 saturated heterocycles. The predicted molar refractivity (Wildman–Crippen MR) is 76.9 cm³/mol. The van der Waals surface area contributed by atoms with Crippen LogP contribution in [0.25, 0.3) is 0 Å². The maximum atomic E-state index is 11.0. The molecular formula is C13H18ClN3O3. The van der Waals surface area contributed by atoms with Gasteiger partial charge in [0.15, 0.2) is 0 Å². The lowest BCUT2D eigenvalue weighted by molar-refractivity contribution is -0.385. The number of nitrogens with zero attached hydrogens (tertiary/aromatic N) is 3. The number of aliphatic hydroxyl groups excluding tert-OH is 1. The number of β-amino-alcohol motifs (C(OH)–C–C–N with tert-alkyl or cyclic N) is 1. The third-order valence-corrected chi connectivity index (χ3v) is 3.75. The van der Waals surface area contributed by atoms with E-state index in [2.05, 4.69) is 9.80 Å². The lowest BCUT2D eigenvalue weighted by atomic mass is 10.1. The molecule has 1 aliphatic heterocycles. The smallest absolute Gasteiger partial charge is 0.275 e. The minimum absolute atomic E-state index is 0.0790. The predicted octanol–water partition coefficient (Wildman–Crippen LogP) is 1.36. The Balaban J connectivity index is 1.99. The second-order valence-electron chi connectivity index (χ2n) is 4.87. The molecule has 20 heavy (non-hydrogen) atoms. The summed E-state index contributed by atoms with van der Waals surface area (Å²) in [5.41, 5.74) is 0.769. The molecule has 110 valence electrons. The molecule has 1 aromatic carbocycles. The topological polar surface area (TPSA) is 69.9 Å². The fraction of sp³-hybridized carbons (Fsp3) is 0.538. The maximum Gasteiger partial charge on any atom is 0.275 e. The minimum Gasteiger partial charge on any atom is -0.395 e. The van der Waals surface area contributed by atoms with Gasteiger partial charge in [-0.1, -0.05) is 11.6 Å². The van der Waals surface area contributed by atoms with Crippen molar-refractivity contribution in [2.75, 3.05) is 39.3 Å². The summed E-state index contributed by atoms with van der Waals surface area (Å²) in [4.78, 5) is 15.0. The Hall–Kier alpha value is -1.21. The van der Waals surface area contributed by atoms with Crippen LogP contribution in [0.3, 0.4) is 0 Å². The molecule has 0 aliphatic carbocycles. The van der Waals surface area contributed by atoms with Gasteiger partial charge >= 0.3 is 0 Å². The highest BCUT2D eigenvalue weighted by molar-refractivity contribution is 6.30. The molecule has 0 bridgehead atoms. The number of benzene rings is 1. The summed E-state index contributed by atoms with van der Waals surface area (Å²) in [6.45, 7) is 4.86. The molecular weight excluding hydrogens is 282 g/mol. The van der Waals surface area contributed by atoms with Crippen LogP contribution < -0.4 is 0 Å². The highest BCUT2D eigenvalue weighted by Gasteiger charge is 2.20. The van der Waals surface area contributed by atoms with Crippen LogP contribution >= 0.6 is 11.6 Å². The van der Waals surface area contributed by atoms with Gasteiger partial charge in [0.1, 0.15) is 0 Å². The zero-order valence-electron chi connectivity index (χ0n) is 11.2. The molecule has 0 radical (unpaired) electrons. The number of hydrogen-bond donors (Lipinski definition) is 1. The quantitative estimate of drug-likeness (QED) is 0.657. The van der Waals surface area contributed by atoms with Gasteiger partial charge in [0, 0.05) is 55.9 Å². The third kappa shape index (κ3) is 3.89. The van der Waals surface area contributed by atoms with Gasteiger partial charge in [0.05, 0.1) is 11.5 Å². The van der Waals surface area contributed by atoms with Gasteiger partial charge in [-0.15, -0.1) is 0 Å². The lowest BCUT2D eigenvalue weighted by Crippen LogP contribution is -2.46. The van der Waals surface area contributed by atoms with Crippen LogP contribution in [0.4, 0.5) is 5.69 Å². The summed E-state index contributed by atoms with van der Waals surface area (Å²) in [5.74, 6) is 0. The number of nitro groups is 1. The van der Waals surface area contributed by atoms with Gasteiger partial charge in [-0.05, 0) is 12.1 Å². The molecule has 1 fully saturated rings. The molecule has 1 aliphatic rings. The van der Waals surface area contributed by atoms with E-state index in [0.29, 0.717) is 23.7 Å². The van der Waals surface area contributed by atoms with Crippen molar-refractivity contribution in [1.29, 1.82) is 0 Å². The zero-order chi connectivity index (χ0) is 14.5. The monoisotopic (exact) mass is 299 g/mol. The normalized spacial score (nSPS) is 17.3. The zero-order valence-corrected chi connectivity index (χ0v) is 11.9. The second kappa shape index (κ2) is 6.99. The number of hydrogen-bond acceptors (Lipinski definition) is 5. The second-order valence-corrected chi connectivity index (χ2v) is 5.31. The molecule has 1 heterocycles. The van der Waals surface area contributed by atoms with Gasteiger partial charge in [0.25, 0.3) is 5.69 Å². The van der Waals surface area contributed by atoms with Gasteiger partial charge in [-0.25, -0.2) is 0 Å². The summed E-state index contributed by atoms with van der Waals surface area (Å²) >= 11 is 5.81. The Morgan fingerprint density at radius 3 is 2.50 bits per heavy atom. The van der Waals surface area contributed by atoms with Crippen molar-refractivity contribution in [1.82, 2.24) is 9.80 Å². The van der Waals surface area contributed by atoms with Crippen LogP contribution in [0.2, 0.25) is 5.02 Å². The van der Waals surface area contributed by atoms with Crippen molar-refractivity contribution in [2.24, 2.45) is 0 Å². The lowest BCUT2D eigenvalue weighted by Gasteiger charge is -2.34. The molecule has 1 N–H and O–H groups in total. The summed E-state index contributed by atoms with van der Waals surface area (Å²) in [5, 5.41) is 20.3. The number of halogens is 1. The van der Waals surface area contributed by atoms with Crippen molar-refractivity contribution >= 4 is 17.3 Å². The van der Waals surface area contributed by atoms with Crippen LogP contribution in [0, 0.1) is 10.1 Å². The average Bonchev–Trinajstić information content (AvgIpc) is 2.43. The van der Waals surface area contributed by atoms with E-state index in [1.807, 2.05) is 0 Å². The van der Waals surface area contributed by atoms with Gasteiger partial charge in [0.2, 0.25) is 0 Å². The Morgan fingerprint density at radius 1 is 1.25 bits per heavy atom. The highest BCUT2D eigenvalue weighted by atomic mass is 35.5. The van der Waals surface area contributed by atoms with Gasteiger partial charge < -0.3 is 5.11 Å². The fourth-order valence-electron chi connectivity index (χ4n) is 2.39. The molecule has 0 unspecified atom stereocenters. The molecule has 6 nitrogen and oxygen atoms in total. The molecule has 0 amide bonds. The Kier molecular flexibility index (Phi) is 5.31. The average molecular weight is 300 g/mol. The van der Waals surface area contributed by atoms with E-state index in [-0.39, 0.29) is 17.2 Å². The highest BCUT2D eigenvalue weighted by Crippen LogP contribution is 2.24. The summed E-state index contributed by atoms with van der Waals surface area (Å²) in [6, 6.07) is 4.81. The van der Waals surface area contributed by atoms with Crippen LogP contribution in [0.1, 0.15) is 5.56 Å². The van der Waals surface area contributed by atoms with E-state index in [0.717, 1.165) is 26.2 Å². The standard InChI is InChI=1S/C13H18ClN3O3/c14-12-2-1-11(13(9-12)17(19)20)10-16-5-3-15(4-6-16)7-8-18/h1-2,9,18H,3-8,10H2. The number of piperazine rings is 1. The van der Waals surface area contributed by atoms with E-state index in [9.17, 15) is 10.1 Å². The fourth-order valence-corrected chi connectivity index (χ4v) is 2.56. The molecule has 7 heteroatoms. The summed E-state index contributed by atoms with van der Waals surface area (Å²) < 4.78 is 0. The molecule has 0 spiro atoms. The third-order valence-electron chi connectivity index (χ3n) is 3.52. The van der Waals surface area contributed by atoms with Crippen LogP contribution in [0.5, 0.6) is 0 Å². The van der Waals surface area contributed by atoms with Crippen molar-refractivity contribution in [3.63, 3.8) is 0 Å². The van der Waals surface area contributed by atoms with Crippen molar-refractivity contribution in [3.05, 3.63) is 38.9 Å². The first-order valence-electron chi connectivity index (χ1n) is 6.58. The molecule has 0 saturated carbocycles. The van der Waals surface area contributed by atoms with E-state index < -0.39 is 0 Å². The Morgan fingerprint density at radius 2 is 1.90 bits per heavy atom. The number of aliphatic hydroxyl groups is 1. The molecule has 1 aromatic rings. The SMILES string of the molecule is O=[N+]([O-])c1cc(Cl)ccc1CN1CCN(CCO)CC1. The first-order valence-corrected chi connectivity index (χ1v) is 6.96. The number of nitro benzene ring substituents is 1. The van der Waals surface area contributed by atoms with Crippen LogP contribution in [-0.2, 0) is 6.54 Å².